The van der Waals surface area contributed by atoms with E-state index in [0.29, 0.717) is 17.0 Å². The van der Waals surface area contributed by atoms with Crippen LogP contribution in [0.25, 0.3) is 0 Å². The predicted molar refractivity (Wildman–Crippen MR) is 88.3 cm³/mol. The molecule has 3 rings (SSSR count). The highest BCUT2D eigenvalue weighted by Gasteiger charge is 2.26. The van der Waals surface area contributed by atoms with Gasteiger partial charge in [-0.1, -0.05) is 6.07 Å². The maximum absolute atomic E-state index is 12.0. The molecule has 0 saturated carbocycles. The molecule has 6 nitrogen and oxygen atoms in total. The number of hydrogen-bond donors (Lipinski definition) is 2. The van der Waals surface area contributed by atoms with Crippen LogP contribution < -0.4 is 15.4 Å². The molecule has 0 fully saturated rings. The maximum Gasteiger partial charge on any atom is 0.262 e. The van der Waals surface area contributed by atoms with E-state index in [1.165, 1.54) is 12.1 Å². The molecule has 0 aliphatic carbocycles. The van der Waals surface area contributed by atoms with Gasteiger partial charge in [0.15, 0.2) is 6.61 Å². The van der Waals surface area contributed by atoms with Crippen molar-refractivity contribution in [1.82, 2.24) is 5.32 Å². The number of amides is 3. The number of carbonyl (C=O) groups is 3. The van der Waals surface area contributed by atoms with E-state index < -0.39 is 11.8 Å². The Morgan fingerprint density at radius 3 is 2.38 bits per heavy atom. The first-order chi connectivity index (χ1) is 11.4. The second-order valence-corrected chi connectivity index (χ2v) is 5.70. The molecule has 122 valence electrons. The molecule has 0 unspecified atom stereocenters. The van der Waals surface area contributed by atoms with Crippen molar-refractivity contribution in [3.8, 4) is 5.75 Å². The SMILES string of the molecule is Cc1cc(C)cc(OCC(=O)Nc2ccc3c(c2)C(=O)NC3=O)c1. The van der Waals surface area contributed by atoms with Crippen LogP contribution in [0.2, 0.25) is 0 Å². The zero-order chi connectivity index (χ0) is 17.3. The number of ether oxygens (including phenoxy) is 1. The van der Waals surface area contributed by atoms with Crippen molar-refractivity contribution in [2.45, 2.75) is 13.8 Å². The van der Waals surface area contributed by atoms with Crippen LogP contribution in [-0.2, 0) is 4.79 Å². The number of nitrogens with one attached hydrogen (secondary N) is 2. The van der Waals surface area contributed by atoms with Gasteiger partial charge in [-0.3, -0.25) is 19.7 Å². The van der Waals surface area contributed by atoms with Crippen LogP contribution in [-0.4, -0.2) is 24.3 Å². The monoisotopic (exact) mass is 324 g/mol. The first-order valence-corrected chi connectivity index (χ1v) is 7.43. The molecule has 24 heavy (non-hydrogen) atoms. The van der Waals surface area contributed by atoms with Gasteiger partial charge in [0, 0.05) is 5.69 Å². The minimum absolute atomic E-state index is 0.148. The van der Waals surface area contributed by atoms with Gasteiger partial charge in [0.2, 0.25) is 0 Å². The topological polar surface area (TPSA) is 84.5 Å². The number of fused-ring (bicyclic) bond motifs is 1. The molecule has 6 heteroatoms. The minimum atomic E-state index is -0.461. The normalized spacial score (nSPS) is 12.6. The van der Waals surface area contributed by atoms with Crippen molar-refractivity contribution in [1.29, 1.82) is 0 Å². The fourth-order valence-corrected chi connectivity index (χ4v) is 2.61. The molecule has 1 aliphatic rings. The number of benzene rings is 2. The Balaban J connectivity index is 1.64. The lowest BCUT2D eigenvalue weighted by Gasteiger charge is -2.09. The summed E-state index contributed by atoms with van der Waals surface area (Å²) < 4.78 is 5.49. The summed E-state index contributed by atoms with van der Waals surface area (Å²) in [6, 6.07) is 10.3. The fraction of sp³-hybridized carbons (Fsp3) is 0.167. The molecule has 3 amide bonds. The van der Waals surface area contributed by atoms with Crippen molar-refractivity contribution in [3.63, 3.8) is 0 Å². The molecule has 0 aromatic heterocycles. The zero-order valence-corrected chi connectivity index (χ0v) is 13.3. The van der Waals surface area contributed by atoms with E-state index in [2.05, 4.69) is 10.6 Å². The van der Waals surface area contributed by atoms with E-state index in [4.69, 9.17) is 4.74 Å². The third-order valence-electron chi connectivity index (χ3n) is 3.58. The molecule has 0 atom stereocenters. The van der Waals surface area contributed by atoms with Crippen molar-refractivity contribution >= 4 is 23.4 Å². The molecule has 1 heterocycles. The largest absolute Gasteiger partial charge is 0.484 e. The van der Waals surface area contributed by atoms with Crippen molar-refractivity contribution in [2.24, 2.45) is 0 Å². The number of rotatable bonds is 4. The Hall–Kier alpha value is -3.15. The highest BCUT2D eigenvalue weighted by Crippen LogP contribution is 2.20. The average Bonchev–Trinajstić information content (AvgIpc) is 2.79. The third kappa shape index (κ3) is 3.27. The van der Waals surface area contributed by atoms with Gasteiger partial charge in [0.1, 0.15) is 5.75 Å². The van der Waals surface area contributed by atoms with Gasteiger partial charge in [0.25, 0.3) is 17.7 Å². The van der Waals surface area contributed by atoms with Gasteiger partial charge in [0.05, 0.1) is 11.1 Å². The summed E-state index contributed by atoms with van der Waals surface area (Å²) in [6.45, 7) is 3.76. The van der Waals surface area contributed by atoms with E-state index in [9.17, 15) is 14.4 Å². The highest BCUT2D eigenvalue weighted by atomic mass is 16.5. The Bertz CT molecular complexity index is 838. The van der Waals surface area contributed by atoms with Gasteiger partial charge in [-0.15, -0.1) is 0 Å². The first kappa shape index (κ1) is 15.7. The van der Waals surface area contributed by atoms with E-state index in [-0.39, 0.29) is 18.1 Å². The van der Waals surface area contributed by atoms with Gasteiger partial charge in [-0.2, -0.15) is 0 Å². The second-order valence-electron chi connectivity index (χ2n) is 5.70. The Labute approximate surface area is 138 Å². The minimum Gasteiger partial charge on any atom is -0.484 e. The Kier molecular flexibility index (Phi) is 4.04. The summed E-state index contributed by atoms with van der Waals surface area (Å²) in [5.41, 5.74) is 3.12. The average molecular weight is 324 g/mol. The number of imide groups is 1. The number of aryl methyl sites for hydroxylation is 2. The summed E-state index contributed by atoms with van der Waals surface area (Å²) in [4.78, 5) is 35.1. The van der Waals surface area contributed by atoms with Gasteiger partial charge >= 0.3 is 0 Å². The third-order valence-corrected chi connectivity index (χ3v) is 3.58. The molecular weight excluding hydrogens is 308 g/mol. The summed E-state index contributed by atoms with van der Waals surface area (Å²) in [7, 11) is 0. The molecular formula is C18H16N2O4. The van der Waals surface area contributed by atoms with Crippen molar-refractivity contribution in [2.75, 3.05) is 11.9 Å². The molecule has 2 N–H and O–H groups in total. The number of anilines is 1. The zero-order valence-electron chi connectivity index (χ0n) is 13.3. The first-order valence-electron chi connectivity index (χ1n) is 7.43. The van der Waals surface area contributed by atoms with Crippen molar-refractivity contribution < 1.29 is 19.1 Å². The molecule has 0 radical (unpaired) electrons. The van der Waals surface area contributed by atoms with E-state index >= 15 is 0 Å². The molecule has 2 aromatic carbocycles. The highest BCUT2D eigenvalue weighted by molar-refractivity contribution is 6.22. The lowest BCUT2D eigenvalue weighted by Crippen LogP contribution is -2.20. The lowest BCUT2D eigenvalue weighted by molar-refractivity contribution is -0.118. The smallest absolute Gasteiger partial charge is 0.262 e. The lowest BCUT2D eigenvalue weighted by atomic mass is 10.1. The Morgan fingerprint density at radius 2 is 1.67 bits per heavy atom. The van der Waals surface area contributed by atoms with Gasteiger partial charge < -0.3 is 10.1 Å². The van der Waals surface area contributed by atoms with Crippen LogP contribution in [0.1, 0.15) is 31.8 Å². The summed E-state index contributed by atoms with van der Waals surface area (Å²) in [5, 5.41) is 4.86. The summed E-state index contributed by atoms with van der Waals surface area (Å²) >= 11 is 0. The van der Waals surface area contributed by atoms with Crippen LogP contribution in [0.15, 0.2) is 36.4 Å². The predicted octanol–water partition coefficient (Wildman–Crippen LogP) is 2.20. The molecule has 2 aromatic rings. The fourth-order valence-electron chi connectivity index (χ4n) is 2.61. The standard InChI is InChI=1S/C18H16N2O4/c1-10-5-11(2)7-13(6-10)24-9-16(21)19-12-3-4-14-15(8-12)18(23)20-17(14)22/h3-8H,9H2,1-2H3,(H,19,21)(H,20,22,23). The van der Waals surface area contributed by atoms with Crippen LogP contribution in [0.3, 0.4) is 0 Å². The summed E-state index contributed by atoms with van der Waals surface area (Å²) in [5.74, 6) is -0.607. The molecule has 0 spiro atoms. The van der Waals surface area contributed by atoms with Crippen LogP contribution in [0.5, 0.6) is 5.75 Å². The van der Waals surface area contributed by atoms with E-state index in [1.807, 2.05) is 32.0 Å². The quantitative estimate of drug-likeness (QED) is 0.845. The Morgan fingerprint density at radius 1 is 1.00 bits per heavy atom. The summed E-state index contributed by atoms with van der Waals surface area (Å²) in [6.07, 6.45) is 0. The van der Waals surface area contributed by atoms with Crippen LogP contribution >= 0.6 is 0 Å². The molecule has 0 saturated heterocycles. The van der Waals surface area contributed by atoms with E-state index in [1.54, 1.807) is 6.07 Å². The van der Waals surface area contributed by atoms with Gasteiger partial charge in [-0.25, -0.2) is 0 Å². The van der Waals surface area contributed by atoms with Crippen LogP contribution in [0.4, 0.5) is 5.69 Å². The van der Waals surface area contributed by atoms with E-state index in [0.717, 1.165) is 11.1 Å². The maximum atomic E-state index is 12.0. The molecule has 1 aliphatic heterocycles. The number of carbonyl (C=O) groups excluding carboxylic acids is 3. The van der Waals surface area contributed by atoms with Crippen LogP contribution in [0, 0.1) is 13.8 Å². The number of hydrogen-bond acceptors (Lipinski definition) is 4. The second kappa shape index (κ2) is 6.16. The van der Waals surface area contributed by atoms with Gasteiger partial charge in [-0.05, 0) is 55.3 Å². The molecule has 0 bridgehead atoms. The van der Waals surface area contributed by atoms with Crippen molar-refractivity contribution in [3.05, 3.63) is 58.7 Å².